The second-order valence-corrected chi connectivity index (χ2v) is 4.88. The van der Waals surface area contributed by atoms with Gasteiger partial charge >= 0.3 is 0 Å². The van der Waals surface area contributed by atoms with Crippen LogP contribution >= 0.6 is 0 Å². The number of morpholine rings is 1. The Bertz CT molecular complexity index is 165. The van der Waals surface area contributed by atoms with Crippen LogP contribution in [0.2, 0.25) is 0 Å². The molecule has 1 rings (SSSR count). The summed E-state index contributed by atoms with van der Waals surface area (Å²) in [7, 11) is 0. The molecular weight excluding hydrogens is 188 g/mol. The minimum Gasteiger partial charge on any atom is -0.373 e. The lowest BCUT2D eigenvalue weighted by atomic mass is 10.1. The smallest absolute Gasteiger partial charge is 0.0678 e. The first-order valence-corrected chi connectivity index (χ1v) is 6.25. The Morgan fingerprint density at radius 3 is 2.47 bits per heavy atom. The Labute approximate surface area is 94.0 Å². The molecule has 0 aromatic heterocycles. The molecule has 0 spiro atoms. The number of ether oxygens (including phenoxy) is 1. The normalized spacial score (nSPS) is 30.4. The number of hydrogen-bond acceptors (Lipinski definition) is 3. The molecule has 15 heavy (non-hydrogen) atoms. The molecular formula is C12H26N2O. The van der Waals surface area contributed by atoms with Gasteiger partial charge < -0.3 is 10.5 Å². The van der Waals surface area contributed by atoms with E-state index >= 15 is 0 Å². The van der Waals surface area contributed by atoms with Crippen LogP contribution in [-0.4, -0.2) is 42.8 Å². The molecule has 1 aliphatic rings. The lowest BCUT2D eigenvalue weighted by molar-refractivity contribution is -0.0692. The quantitative estimate of drug-likeness (QED) is 0.755. The van der Waals surface area contributed by atoms with Crippen LogP contribution < -0.4 is 5.73 Å². The lowest BCUT2D eigenvalue weighted by Crippen LogP contribution is -2.49. The lowest BCUT2D eigenvalue weighted by Gasteiger charge is -2.36. The third-order valence-corrected chi connectivity index (χ3v) is 2.92. The predicted molar refractivity (Wildman–Crippen MR) is 63.9 cm³/mol. The number of nitrogens with two attached hydrogens (primary N) is 1. The molecule has 0 aromatic carbocycles. The van der Waals surface area contributed by atoms with Gasteiger partial charge in [-0.05, 0) is 20.3 Å². The van der Waals surface area contributed by atoms with E-state index in [1.807, 2.05) is 0 Å². The van der Waals surface area contributed by atoms with Gasteiger partial charge in [-0.1, -0.05) is 19.8 Å². The van der Waals surface area contributed by atoms with Gasteiger partial charge in [0.15, 0.2) is 0 Å². The highest BCUT2D eigenvalue weighted by Gasteiger charge is 2.22. The van der Waals surface area contributed by atoms with Gasteiger partial charge in [0.25, 0.3) is 0 Å². The van der Waals surface area contributed by atoms with Crippen LogP contribution in [0.1, 0.15) is 40.0 Å². The summed E-state index contributed by atoms with van der Waals surface area (Å²) in [6.07, 6.45) is 4.34. The summed E-state index contributed by atoms with van der Waals surface area (Å²) in [6, 6.07) is 0.336. The van der Waals surface area contributed by atoms with Crippen LogP contribution in [0.15, 0.2) is 0 Å². The van der Waals surface area contributed by atoms with E-state index in [1.54, 1.807) is 0 Å². The number of nitrogens with zero attached hydrogens (tertiary/aromatic N) is 1. The molecule has 3 nitrogen and oxygen atoms in total. The van der Waals surface area contributed by atoms with E-state index in [0.717, 1.165) is 26.1 Å². The van der Waals surface area contributed by atoms with E-state index in [-0.39, 0.29) is 0 Å². The molecule has 0 aromatic rings. The molecule has 1 aliphatic heterocycles. The van der Waals surface area contributed by atoms with E-state index in [4.69, 9.17) is 10.5 Å². The van der Waals surface area contributed by atoms with E-state index < -0.39 is 0 Å². The van der Waals surface area contributed by atoms with Crippen molar-refractivity contribution in [2.24, 2.45) is 5.73 Å². The van der Waals surface area contributed by atoms with Gasteiger partial charge in [-0.25, -0.2) is 0 Å². The molecule has 90 valence electrons. The number of rotatable bonds is 5. The van der Waals surface area contributed by atoms with Crippen LogP contribution in [0, 0.1) is 0 Å². The Morgan fingerprint density at radius 2 is 1.93 bits per heavy atom. The standard InChI is InChI=1S/C12H26N2O/c1-4-5-6-12(13)9-14-7-10(2)15-11(3)8-14/h10-12H,4-9,13H2,1-3H3. The first-order chi connectivity index (χ1) is 7.11. The number of unbranched alkanes of at least 4 members (excludes halogenated alkanes) is 1. The van der Waals surface area contributed by atoms with Crippen LogP contribution in [0.4, 0.5) is 0 Å². The van der Waals surface area contributed by atoms with Crippen molar-refractivity contribution in [3.8, 4) is 0 Å². The van der Waals surface area contributed by atoms with Crippen molar-refractivity contribution in [1.82, 2.24) is 4.90 Å². The first kappa shape index (κ1) is 12.9. The number of hydrogen-bond donors (Lipinski definition) is 1. The maximum absolute atomic E-state index is 6.10. The Balaban J connectivity index is 2.24. The summed E-state index contributed by atoms with van der Waals surface area (Å²) in [5.41, 5.74) is 6.10. The molecule has 0 bridgehead atoms. The van der Waals surface area contributed by atoms with Gasteiger partial charge in [0.05, 0.1) is 12.2 Å². The van der Waals surface area contributed by atoms with Crippen molar-refractivity contribution in [2.75, 3.05) is 19.6 Å². The van der Waals surface area contributed by atoms with Gasteiger partial charge in [-0.15, -0.1) is 0 Å². The average molecular weight is 214 g/mol. The SMILES string of the molecule is CCCCC(N)CN1CC(C)OC(C)C1. The second kappa shape index (κ2) is 6.46. The molecule has 1 fully saturated rings. The van der Waals surface area contributed by atoms with Gasteiger partial charge in [-0.2, -0.15) is 0 Å². The molecule has 2 N–H and O–H groups in total. The van der Waals surface area contributed by atoms with Crippen LogP contribution in [0.3, 0.4) is 0 Å². The van der Waals surface area contributed by atoms with E-state index in [2.05, 4.69) is 25.7 Å². The van der Waals surface area contributed by atoms with E-state index in [0.29, 0.717) is 18.2 Å². The zero-order valence-electron chi connectivity index (χ0n) is 10.4. The fourth-order valence-corrected chi connectivity index (χ4v) is 2.32. The summed E-state index contributed by atoms with van der Waals surface area (Å²) >= 11 is 0. The molecule has 3 atom stereocenters. The largest absolute Gasteiger partial charge is 0.373 e. The molecule has 3 unspecified atom stereocenters. The predicted octanol–water partition coefficient (Wildman–Crippen LogP) is 1.61. The van der Waals surface area contributed by atoms with Crippen molar-refractivity contribution in [3.63, 3.8) is 0 Å². The van der Waals surface area contributed by atoms with Crippen LogP contribution in [0.25, 0.3) is 0 Å². The molecule has 3 heteroatoms. The maximum atomic E-state index is 6.10. The molecule has 0 aliphatic carbocycles. The second-order valence-electron chi connectivity index (χ2n) is 4.88. The summed E-state index contributed by atoms with van der Waals surface area (Å²) in [6.45, 7) is 9.58. The topological polar surface area (TPSA) is 38.5 Å². The zero-order chi connectivity index (χ0) is 11.3. The van der Waals surface area contributed by atoms with Crippen LogP contribution in [0.5, 0.6) is 0 Å². The Kier molecular flexibility index (Phi) is 5.58. The van der Waals surface area contributed by atoms with Crippen molar-refractivity contribution in [1.29, 1.82) is 0 Å². The third kappa shape index (κ3) is 4.96. The van der Waals surface area contributed by atoms with E-state index in [1.165, 1.54) is 12.8 Å². The summed E-state index contributed by atoms with van der Waals surface area (Å²) in [4.78, 5) is 2.44. The fraction of sp³-hybridized carbons (Fsp3) is 1.00. The van der Waals surface area contributed by atoms with Crippen molar-refractivity contribution in [2.45, 2.75) is 58.3 Å². The molecule has 0 saturated carbocycles. The van der Waals surface area contributed by atoms with E-state index in [9.17, 15) is 0 Å². The third-order valence-electron chi connectivity index (χ3n) is 2.92. The zero-order valence-corrected chi connectivity index (χ0v) is 10.4. The maximum Gasteiger partial charge on any atom is 0.0678 e. The summed E-state index contributed by atoms with van der Waals surface area (Å²) in [5, 5.41) is 0. The summed E-state index contributed by atoms with van der Waals surface area (Å²) < 4.78 is 5.70. The minimum absolute atomic E-state index is 0.336. The van der Waals surface area contributed by atoms with Gasteiger partial charge in [0.1, 0.15) is 0 Å². The van der Waals surface area contributed by atoms with Gasteiger partial charge in [0.2, 0.25) is 0 Å². The Hall–Kier alpha value is -0.120. The van der Waals surface area contributed by atoms with Gasteiger partial charge in [-0.3, -0.25) is 4.90 Å². The Morgan fingerprint density at radius 1 is 1.33 bits per heavy atom. The summed E-state index contributed by atoms with van der Waals surface area (Å²) in [5.74, 6) is 0. The van der Waals surface area contributed by atoms with Crippen molar-refractivity contribution < 1.29 is 4.74 Å². The first-order valence-electron chi connectivity index (χ1n) is 6.25. The molecule has 1 heterocycles. The highest BCUT2D eigenvalue weighted by molar-refractivity contribution is 4.76. The molecule has 0 radical (unpaired) electrons. The van der Waals surface area contributed by atoms with Crippen molar-refractivity contribution in [3.05, 3.63) is 0 Å². The molecule has 0 amide bonds. The average Bonchev–Trinajstić information content (AvgIpc) is 2.13. The highest BCUT2D eigenvalue weighted by Crippen LogP contribution is 2.11. The van der Waals surface area contributed by atoms with Crippen LogP contribution in [-0.2, 0) is 4.74 Å². The van der Waals surface area contributed by atoms with Crippen molar-refractivity contribution >= 4 is 0 Å². The minimum atomic E-state index is 0.336. The monoisotopic (exact) mass is 214 g/mol. The highest BCUT2D eigenvalue weighted by atomic mass is 16.5. The van der Waals surface area contributed by atoms with Gasteiger partial charge in [0, 0.05) is 25.7 Å². The fourth-order valence-electron chi connectivity index (χ4n) is 2.32. The molecule has 1 saturated heterocycles.